The third kappa shape index (κ3) is 2.77. The molecule has 1 aromatic carbocycles. The molecule has 0 fully saturated rings. The molecular weight excluding hydrogens is 264 g/mol. The Morgan fingerprint density at radius 3 is 2.65 bits per heavy atom. The first-order chi connectivity index (χ1) is 9.51. The van der Waals surface area contributed by atoms with Crippen LogP contribution in [-0.2, 0) is 0 Å². The van der Waals surface area contributed by atoms with Gasteiger partial charge < -0.3 is 19.7 Å². The van der Waals surface area contributed by atoms with Gasteiger partial charge in [0.15, 0.2) is 0 Å². The molecule has 20 heavy (non-hydrogen) atoms. The molecule has 0 unspecified atom stereocenters. The van der Waals surface area contributed by atoms with Gasteiger partial charge in [-0.15, -0.1) is 0 Å². The number of carboxylic acid groups (broad SMARTS) is 1. The number of hydrogen-bond donors (Lipinski definition) is 2. The Balaban J connectivity index is 2.29. The number of methoxy groups -OCH3 is 1. The van der Waals surface area contributed by atoms with Gasteiger partial charge in [0.05, 0.1) is 24.1 Å². The largest absolute Gasteiger partial charge is 0.495 e. The minimum Gasteiger partial charge on any atom is -0.495 e. The van der Waals surface area contributed by atoms with E-state index < -0.39 is 11.9 Å². The average Bonchev–Trinajstić information content (AvgIpc) is 2.85. The molecule has 1 aromatic heterocycles. The van der Waals surface area contributed by atoms with Gasteiger partial charge in [-0.25, -0.2) is 4.79 Å². The summed E-state index contributed by atoms with van der Waals surface area (Å²) in [5.74, 6) is -1.25. The number of aryl methyl sites for hydroxylation is 1. The normalized spacial score (nSPS) is 10.1. The van der Waals surface area contributed by atoms with Crippen LogP contribution >= 0.6 is 0 Å². The van der Waals surface area contributed by atoms with E-state index in [2.05, 4.69) is 10.5 Å². The van der Waals surface area contributed by atoms with Gasteiger partial charge >= 0.3 is 5.97 Å². The number of ether oxygens (including phenoxy) is 1. The zero-order valence-electron chi connectivity index (χ0n) is 10.8. The molecule has 0 aliphatic heterocycles. The van der Waals surface area contributed by atoms with Crippen LogP contribution in [0.1, 0.15) is 26.6 Å². The molecule has 104 valence electrons. The van der Waals surface area contributed by atoms with Crippen molar-refractivity contribution in [3.05, 3.63) is 41.3 Å². The van der Waals surface area contributed by atoms with Crippen LogP contribution in [0.3, 0.4) is 0 Å². The highest BCUT2D eigenvalue weighted by Crippen LogP contribution is 2.26. The molecule has 1 amide bonds. The number of aromatic nitrogens is 1. The van der Waals surface area contributed by atoms with Crippen molar-refractivity contribution < 1.29 is 24.0 Å². The fourth-order valence-electron chi connectivity index (χ4n) is 1.59. The molecule has 2 aromatic rings. The van der Waals surface area contributed by atoms with E-state index in [0.29, 0.717) is 11.4 Å². The molecule has 0 bridgehead atoms. The summed E-state index contributed by atoms with van der Waals surface area (Å²) >= 11 is 0. The second kappa shape index (κ2) is 5.43. The molecule has 7 nitrogen and oxygen atoms in total. The molecular formula is C13H12N2O5. The number of benzene rings is 1. The summed E-state index contributed by atoms with van der Waals surface area (Å²) in [4.78, 5) is 22.9. The number of rotatable bonds is 4. The third-order valence-corrected chi connectivity index (χ3v) is 2.55. The number of aromatic carboxylic acids is 1. The molecule has 2 rings (SSSR count). The quantitative estimate of drug-likeness (QED) is 0.884. The van der Waals surface area contributed by atoms with Gasteiger partial charge in [0, 0.05) is 6.07 Å². The monoisotopic (exact) mass is 276 g/mol. The van der Waals surface area contributed by atoms with Crippen molar-refractivity contribution in [2.45, 2.75) is 6.92 Å². The van der Waals surface area contributed by atoms with Crippen molar-refractivity contribution in [3.8, 4) is 5.75 Å². The summed E-state index contributed by atoms with van der Waals surface area (Å²) in [5, 5.41) is 15.1. The van der Waals surface area contributed by atoms with E-state index in [-0.39, 0.29) is 17.0 Å². The maximum atomic E-state index is 11.9. The van der Waals surface area contributed by atoms with Crippen molar-refractivity contribution in [2.24, 2.45) is 0 Å². The van der Waals surface area contributed by atoms with Gasteiger partial charge in [0.2, 0.25) is 5.76 Å². The maximum Gasteiger partial charge on any atom is 0.335 e. The molecule has 0 radical (unpaired) electrons. The van der Waals surface area contributed by atoms with E-state index in [0.717, 1.165) is 0 Å². The Morgan fingerprint density at radius 1 is 1.35 bits per heavy atom. The van der Waals surface area contributed by atoms with Gasteiger partial charge in [-0.05, 0) is 25.1 Å². The highest BCUT2D eigenvalue weighted by molar-refractivity contribution is 6.03. The lowest BCUT2D eigenvalue weighted by molar-refractivity contribution is 0.0696. The second-order valence-electron chi connectivity index (χ2n) is 4.01. The van der Waals surface area contributed by atoms with Gasteiger partial charge in [0.25, 0.3) is 5.91 Å². The molecule has 0 saturated carbocycles. The van der Waals surface area contributed by atoms with E-state index in [9.17, 15) is 9.59 Å². The minimum absolute atomic E-state index is 0.0327. The topological polar surface area (TPSA) is 102 Å². The molecule has 0 aliphatic carbocycles. The molecule has 1 heterocycles. The molecule has 0 aliphatic rings. The van der Waals surface area contributed by atoms with Gasteiger partial charge in [-0.2, -0.15) is 0 Å². The number of carbonyl (C=O) groups excluding carboxylic acids is 1. The van der Waals surface area contributed by atoms with Crippen LogP contribution in [0.25, 0.3) is 0 Å². The van der Waals surface area contributed by atoms with Crippen molar-refractivity contribution in [2.75, 3.05) is 12.4 Å². The van der Waals surface area contributed by atoms with Crippen LogP contribution in [0.2, 0.25) is 0 Å². The summed E-state index contributed by atoms with van der Waals surface area (Å²) in [6.45, 7) is 1.69. The van der Waals surface area contributed by atoms with E-state index in [4.69, 9.17) is 14.4 Å². The molecule has 0 atom stereocenters. The predicted molar refractivity (Wildman–Crippen MR) is 69.1 cm³/mol. The van der Waals surface area contributed by atoms with Crippen LogP contribution in [-0.4, -0.2) is 29.2 Å². The van der Waals surface area contributed by atoms with E-state index in [1.54, 1.807) is 6.92 Å². The van der Waals surface area contributed by atoms with Crippen LogP contribution in [0.5, 0.6) is 5.75 Å². The Morgan fingerprint density at radius 2 is 2.10 bits per heavy atom. The summed E-state index contributed by atoms with van der Waals surface area (Å²) < 4.78 is 9.90. The van der Waals surface area contributed by atoms with Gasteiger partial charge in [-0.3, -0.25) is 4.79 Å². The third-order valence-electron chi connectivity index (χ3n) is 2.55. The number of hydrogen-bond acceptors (Lipinski definition) is 5. The lowest BCUT2D eigenvalue weighted by Crippen LogP contribution is -2.12. The van der Waals surface area contributed by atoms with Crippen LogP contribution in [0.15, 0.2) is 28.8 Å². The standard InChI is InChI=1S/C13H12N2O5/c1-7-5-11(20-15-7)12(16)14-9-6-8(13(17)18)3-4-10(9)19-2/h3-6H,1-2H3,(H,14,16)(H,17,18). The van der Waals surface area contributed by atoms with Crippen LogP contribution in [0, 0.1) is 6.92 Å². The van der Waals surface area contributed by atoms with Gasteiger partial charge in [-0.1, -0.05) is 5.16 Å². The summed E-state index contributed by atoms with van der Waals surface area (Å²) in [5.41, 5.74) is 0.850. The lowest BCUT2D eigenvalue weighted by atomic mass is 10.2. The fourth-order valence-corrected chi connectivity index (χ4v) is 1.59. The van der Waals surface area contributed by atoms with E-state index in [1.165, 1.54) is 31.4 Å². The van der Waals surface area contributed by atoms with Crippen molar-refractivity contribution >= 4 is 17.6 Å². The highest BCUT2D eigenvalue weighted by Gasteiger charge is 2.15. The molecule has 0 saturated heterocycles. The zero-order chi connectivity index (χ0) is 14.7. The van der Waals surface area contributed by atoms with E-state index in [1.807, 2.05) is 0 Å². The Kier molecular flexibility index (Phi) is 3.69. The first kappa shape index (κ1) is 13.6. The first-order valence-corrected chi connectivity index (χ1v) is 5.67. The predicted octanol–water partition coefficient (Wildman–Crippen LogP) is 1.94. The SMILES string of the molecule is COc1ccc(C(=O)O)cc1NC(=O)c1cc(C)no1. The molecule has 0 spiro atoms. The molecule has 7 heteroatoms. The number of nitrogens with zero attached hydrogens (tertiary/aromatic N) is 1. The number of carboxylic acids is 1. The fraction of sp³-hybridized carbons (Fsp3) is 0.154. The number of anilines is 1. The second-order valence-corrected chi connectivity index (χ2v) is 4.01. The Hall–Kier alpha value is -2.83. The van der Waals surface area contributed by atoms with Crippen molar-refractivity contribution in [1.82, 2.24) is 5.16 Å². The number of carbonyl (C=O) groups is 2. The van der Waals surface area contributed by atoms with Gasteiger partial charge in [0.1, 0.15) is 5.75 Å². The smallest absolute Gasteiger partial charge is 0.335 e. The average molecular weight is 276 g/mol. The van der Waals surface area contributed by atoms with Crippen LogP contribution in [0.4, 0.5) is 5.69 Å². The first-order valence-electron chi connectivity index (χ1n) is 5.67. The maximum absolute atomic E-state index is 11.9. The molecule has 2 N–H and O–H groups in total. The summed E-state index contributed by atoms with van der Waals surface area (Å²) in [7, 11) is 1.42. The Labute approximate surface area is 114 Å². The Bertz CT molecular complexity index is 663. The summed E-state index contributed by atoms with van der Waals surface area (Å²) in [6.07, 6.45) is 0. The zero-order valence-corrected chi connectivity index (χ0v) is 10.8. The minimum atomic E-state index is -1.10. The van der Waals surface area contributed by atoms with E-state index >= 15 is 0 Å². The number of amides is 1. The van der Waals surface area contributed by atoms with Crippen molar-refractivity contribution in [3.63, 3.8) is 0 Å². The summed E-state index contributed by atoms with van der Waals surface area (Å²) in [6, 6.07) is 5.63. The lowest BCUT2D eigenvalue weighted by Gasteiger charge is -2.09. The van der Waals surface area contributed by atoms with Crippen LogP contribution < -0.4 is 10.1 Å². The highest BCUT2D eigenvalue weighted by atomic mass is 16.5. The van der Waals surface area contributed by atoms with Crippen molar-refractivity contribution in [1.29, 1.82) is 0 Å². The number of nitrogens with one attached hydrogen (secondary N) is 1.